The van der Waals surface area contributed by atoms with Gasteiger partial charge in [0.2, 0.25) is 5.91 Å². The number of amides is 3. The summed E-state index contributed by atoms with van der Waals surface area (Å²) < 4.78 is 10.6. The van der Waals surface area contributed by atoms with Crippen LogP contribution in [0.1, 0.15) is 44.7 Å². The highest BCUT2D eigenvalue weighted by Gasteiger charge is 2.37. The van der Waals surface area contributed by atoms with Crippen LogP contribution >= 0.6 is 0 Å². The van der Waals surface area contributed by atoms with Crippen molar-refractivity contribution in [2.24, 2.45) is 0 Å². The molecule has 0 unspecified atom stereocenters. The summed E-state index contributed by atoms with van der Waals surface area (Å²) in [7, 11) is 0. The first-order chi connectivity index (χ1) is 18.4. The quantitative estimate of drug-likeness (QED) is 0.309. The van der Waals surface area contributed by atoms with Gasteiger partial charge in [-0.15, -0.1) is 0 Å². The molecule has 0 radical (unpaired) electrons. The Labute approximate surface area is 219 Å². The molecule has 1 heterocycles. The third-order valence-corrected chi connectivity index (χ3v) is 5.90. The Morgan fingerprint density at radius 1 is 0.711 bits per heavy atom. The summed E-state index contributed by atoms with van der Waals surface area (Å²) in [6.45, 7) is -0.523. The predicted molar refractivity (Wildman–Crippen MR) is 135 cm³/mol. The van der Waals surface area contributed by atoms with Gasteiger partial charge in [-0.25, -0.2) is 4.79 Å². The maximum absolute atomic E-state index is 12.9. The molecule has 1 aliphatic heterocycles. The number of imide groups is 1. The number of hydrogen-bond acceptors (Lipinski definition) is 7. The maximum atomic E-state index is 12.9. The number of nitrogens with zero attached hydrogens (tertiary/aromatic N) is 1. The first-order valence-electron chi connectivity index (χ1n) is 12.1. The third kappa shape index (κ3) is 6.70. The van der Waals surface area contributed by atoms with Crippen LogP contribution in [-0.2, 0) is 37.1 Å². The normalized spacial score (nSPS) is 13.0. The van der Waals surface area contributed by atoms with Gasteiger partial charge in [0.25, 0.3) is 11.8 Å². The highest BCUT2D eigenvalue weighted by atomic mass is 16.5. The summed E-state index contributed by atoms with van der Waals surface area (Å²) in [4.78, 5) is 64.0. The zero-order valence-electron chi connectivity index (χ0n) is 20.5. The molecule has 0 aromatic heterocycles. The van der Waals surface area contributed by atoms with Crippen molar-refractivity contribution in [3.05, 3.63) is 107 Å². The first-order valence-corrected chi connectivity index (χ1v) is 12.1. The zero-order valence-corrected chi connectivity index (χ0v) is 20.5. The van der Waals surface area contributed by atoms with E-state index in [2.05, 4.69) is 5.32 Å². The second kappa shape index (κ2) is 12.4. The van der Waals surface area contributed by atoms with E-state index in [4.69, 9.17) is 9.47 Å². The van der Waals surface area contributed by atoms with Crippen molar-refractivity contribution in [2.45, 2.75) is 32.1 Å². The van der Waals surface area contributed by atoms with E-state index < -0.39 is 42.2 Å². The van der Waals surface area contributed by atoms with Gasteiger partial charge in [-0.3, -0.25) is 24.1 Å². The number of rotatable bonds is 11. The van der Waals surface area contributed by atoms with E-state index >= 15 is 0 Å². The molecular formula is C29H26N2O7. The Bertz CT molecular complexity index is 1290. The summed E-state index contributed by atoms with van der Waals surface area (Å²) in [6, 6.07) is 23.2. The second-order valence-electron chi connectivity index (χ2n) is 8.64. The van der Waals surface area contributed by atoms with Gasteiger partial charge in [0.15, 0.2) is 0 Å². The molecule has 0 bridgehead atoms. The van der Waals surface area contributed by atoms with E-state index in [1.54, 1.807) is 36.4 Å². The third-order valence-electron chi connectivity index (χ3n) is 5.90. The van der Waals surface area contributed by atoms with Crippen molar-refractivity contribution in [3.63, 3.8) is 0 Å². The van der Waals surface area contributed by atoms with Gasteiger partial charge in [-0.05, 0) is 29.7 Å². The average molecular weight is 515 g/mol. The highest BCUT2D eigenvalue weighted by molar-refractivity contribution is 6.22. The van der Waals surface area contributed by atoms with Crippen molar-refractivity contribution >= 4 is 29.7 Å². The SMILES string of the molecule is O=C(CN1C(=O)c2ccccc2C1=O)N[C@H](CCC(=O)OCc1ccccc1)C(=O)OCc1ccccc1. The number of fused-ring (bicyclic) bond motifs is 1. The average Bonchev–Trinajstić information content (AvgIpc) is 3.18. The van der Waals surface area contributed by atoms with Crippen molar-refractivity contribution < 1.29 is 33.4 Å². The molecule has 3 aromatic carbocycles. The number of hydrogen-bond donors (Lipinski definition) is 1. The second-order valence-corrected chi connectivity index (χ2v) is 8.64. The summed E-state index contributed by atoms with van der Waals surface area (Å²) in [5.41, 5.74) is 1.99. The van der Waals surface area contributed by atoms with Crippen LogP contribution in [0.5, 0.6) is 0 Å². The van der Waals surface area contributed by atoms with Gasteiger partial charge in [-0.2, -0.15) is 0 Å². The molecule has 0 spiro atoms. The van der Waals surface area contributed by atoms with Crippen LogP contribution in [0.15, 0.2) is 84.9 Å². The van der Waals surface area contributed by atoms with E-state index in [0.717, 1.165) is 16.0 Å². The van der Waals surface area contributed by atoms with E-state index in [-0.39, 0.29) is 37.2 Å². The number of esters is 2. The van der Waals surface area contributed by atoms with Crippen LogP contribution in [0.3, 0.4) is 0 Å². The number of carbonyl (C=O) groups excluding carboxylic acids is 5. The van der Waals surface area contributed by atoms with Crippen LogP contribution in [0.2, 0.25) is 0 Å². The van der Waals surface area contributed by atoms with Gasteiger partial charge < -0.3 is 14.8 Å². The monoisotopic (exact) mass is 514 g/mol. The van der Waals surface area contributed by atoms with Crippen molar-refractivity contribution in [1.29, 1.82) is 0 Å². The topological polar surface area (TPSA) is 119 Å². The lowest BCUT2D eigenvalue weighted by Crippen LogP contribution is -2.47. The van der Waals surface area contributed by atoms with Gasteiger partial charge in [-0.1, -0.05) is 72.8 Å². The van der Waals surface area contributed by atoms with Crippen LogP contribution < -0.4 is 5.32 Å². The zero-order chi connectivity index (χ0) is 26.9. The summed E-state index contributed by atoms with van der Waals surface area (Å²) in [5.74, 6) is -3.22. The predicted octanol–water partition coefficient (Wildman–Crippen LogP) is 3.03. The standard InChI is InChI=1S/C29H26N2O7/c32-25(17-31-27(34)22-13-7-8-14-23(22)28(31)35)30-24(29(36)38-19-21-11-5-2-6-12-21)15-16-26(33)37-18-20-9-3-1-4-10-20/h1-14,24H,15-19H2,(H,30,32)/t24-/m1/s1. The molecule has 0 saturated carbocycles. The van der Waals surface area contributed by atoms with Crippen LogP contribution in [-0.4, -0.2) is 47.1 Å². The number of benzene rings is 3. The van der Waals surface area contributed by atoms with E-state index in [9.17, 15) is 24.0 Å². The molecule has 9 nitrogen and oxygen atoms in total. The Hall–Kier alpha value is -4.79. The lowest BCUT2D eigenvalue weighted by Gasteiger charge is -2.19. The van der Waals surface area contributed by atoms with E-state index in [0.29, 0.717) is 0 Å². The van der Waals surface area contributed by atoms with Crippen molar-refractivity contribution in [3.8, 4) is 0 Å². The number of ether oxygens (including phenoxy) is 2. The lowest BCUT2D eigenvalue weighted by molar-refractivity contribution is -0.150. The number of carbonyl (C=O) groups is 5. The fourth-order valence-corrected chi connectivity index (χ4v) is 3.92. The molecule has 1 aliphatic rings. The van der Waals surface area contributed by atoms with E-state index in [1.807, 2.05) is 36.4 Å². The largest absolute Gasteiger partial charge is 0.461 e. The smallest absolute Gasteiger partial charge is 0.328 e. The highest BCUT2D eigenvalue weighted by Crippen LogP contribution is 2.22. The molecule has 1 N–H and O–H groups in total. The van der Waals surface area contributed by atoms with E-state index in [1.165, 1.54) is 12.1 Å². The van der Waals surface area contributed by atoms with Crippen molar-refractivity contribution in [1.82, 2.24) is 10.2 Å². The molecule has 194 valence electrons. The molecule has 4 rings (SSSR count). The number of nitrogens with one attached hydrogen (secondary N) is 1. The van der Waals surface area contributed by atoms with Crippen molar-refractivity contribution in [2.75, 3.05) is 6.54 Å². The molecule has 0 aliphatic carbocycles. The molecular weight excluding hydrogens is 488 g/mol. The Morgan fingerprint density at radius 2 is 1.21 bits per heavy atom. The summed E-state index contributed by atoms with van der Waals surface area (Å²) >= 11 is 0. The molecule has 0 fully saturated rings. The molecule has 3 amide bonds. The lowest BCUT2D eigenvalue weighted by atomic mass is 10.1. The van der Waals surface area contributed by atoms with Gasteiger partial charge in [0.05, 0.1) is 11.1 Å². The minimum Gasteiger partial charge on any atom is -0.461 e. The Kier molecular flexibility index (Phi) is 8.61. The fraction of sp³-hybridized carbons (Fsp3) is 0.207. The molecule has 0 saturated heterocycles. The molecule has 38 heavy (non-hydrogen) atoms. The van der Waals surface area contributed by atoms with Crippen LogP contribution in [0.25, 0.3) is 0 Å². The van der Waals surface area contributed by atoms with Gasteiger partial charge >= 0.3 is 11.9 Å². The molecule has 3 aromatic rings. The van der Waals surface area contributed by atoms with Crippen LogP contribution in [0.4, 0.5) is 0 Å². The Morgan fingerprint density at radius 3 is 1.76 bits per heavy atom. The first kappa shape index (κ1) is 26.3. The summed E-state index contributed by atoms with van der Waals surface area (Å²) in [6.07, 6.45) is -0.250. The van der Waals surface area contributed by atoms with Gasteiger partial charge in [0.1, 0.15) is 25.8 Å². The fourth-order valence-electron chi connectivity index (χ4n) is 3.92. The molecule has 9 heteroatoms. The van der Waals surface area contributed by atoms with Crippen LogP contribution in [0, 0.1) is 0 Å². The maximum Gasteiger partial charge on any atom is 0.328 e. The molecule has 1 atom stereocenters. The summed E-state index contributed by atoms with van der Waals surface area (Å²) in [5, 5.41) is 2.51. The minimum atomic E-state index is -1.19. The Balaban J connectivity index is 1.36. The minimum absolute atomic E-state index is 0.0249. The van der Waals surface area contributed by atoms with Gasteiger partial charge in [0, 0.05) is 6.42 Å².